The number of halogens is 2. The van der Waals surface area contributed by atoms with E-state index in [9.17, 15) is 4.79 Å². The first-order chi connectivity index (χ1) is 12.7. The van der Waals surface area contributed by atoms with Crippen molar-refractivity contribution in [1.82, 2.24) is 15.2 Å². The molecule has 4 heterocycles. The Morgan fingerprint density at radius 1 is 1.07 bits per heavy atom. The zero-order valence-electron chi connectivity index (χ0n) is 16.0. The number of nitrogens with one attached hydrogen (secondary N) is 1. The van der Waals surface area contributed by atoms with Crippen molar-refractivity contribution in [2.24, 2.45) is 5.92 Å². The Labute approximate surface area is 183 Å². The standard InChI is InChI=1S/C21H27N3OS.2ClH/c25-20(13-14-11-16-5-6-17(12-14)22-16)24-9-7-15(8-10-24)21-23-18-3-1-2-4-19(18)26-21;;/h1-4,14-17,22H,5-13H2;2*1H. The van der Waals surface area contributed by atoms with Crippen LogP contribution >= 0.6 is 36.2 Å². The molecule has 0 spiro atoms. The van der Waals surface area contributed by atoms with Crippen molar-refractivity contribution in [3.05, 3.63) is 29.3 Å². The van der Waals surface area contributed by atoms with Crippen LogP contribution in [0, 0.1) is 5.92 Å². The van der Waals surface area contributed by atoms with E-state index < -0.39 is 0 Å². The predicted molar refractivity (Wildman–Crippen MR) is 120 cm³/mol. The summed E-state index contributed by atoms with van der Waals surface area (Å²) >= 11 is 1.83. The molecule has 2 atom stereocenters. The van der Waals surface area contributed by atoms with Crippen molar-refractivity contribution in [2.45, 2.75) is 62.9 Å². The molecule has 5 rings (SSSR count). The number of benzene rings is 1. The normalized spacial score (nSPS) is 27.3. The van der Waals surface area contributed by atoms with Gasteiger partial charge in [-0.25, -0.2) is 4.98 Å². The highest BCUT2D eigenvalue weighted by atomic mass is 35.5. The minimum absolute atomic E-state index is 0. The van der Waals surface area contributed by atoms with E-state index in [4.69, 9.17) is 4.98 Å². The number of likely N-dealkylation sites (tertiary alicyclic amines) is 1. The largest absolute Gasteiger partial charge is 0.343 e. The van der Waals surface area contributed by atoms with E-state index in [1.54, 1.807) is 0 Å². The molecule has 3 aliphatic rings. The lowest BCUT2D eigenvalue weighted by Crippen LogP contribution is -2.42. The van der Waals surface area contributed by atoms with Crippen molar-refractivity contribution in [3.8, 4) is 0 Å². The number of hydrogen-bond acceptors (Lipinski definition) is 4. The Hall–Kier alpha value is -0.880. The molecular formula is C21H29Cl2N3OS. The molecule has 0 radical (unpaired) electrons. The van der Waals surface area contributed by atoms with E-state index in [1.165, 1.54) is 35.4 Å². The maximum Gasteiger partial charge on any atom is 0.222 e. The number of para-hydroxylation sites is 1. The van der Waals surface area contributed by atoms with E-state index in [1.807, 2.05) is 11.3 Å². The van der Waals surface area contributed by atoms with Gasteiger partial charge in [-0.3, -0.25) is 4.79 Å². The van der Waals surface area contributed by atoms with Gasteiger partial charge in [0.2, 0.25) is 5.91 Å². The SMILES string of the molecule is Cl.Cl.O=C(CC1CC2CCC(C1)N2)N1CCC(c2nc3ccccc3s2)CC1. The fourth-order valence-corrected chi connectivity index (χ4v) is 6.29. The molecule has 154 valence electrons. The number of rotatable bonds is 3. The minimum atomic E-state index is 0. The Morgan fingerprint density at radius 3 is 2.43 bits per heavy atom. The van der Waals surface area contributed by atoms with Gasteiger partial charge in [-0.1, -0.05) is 12.1 Å². The quantitative estimate of drug-likeness (QED) is 0.745. The second kappa shape index (κ2) is 9.29. The van der Waals surface area contributed by atoms with Gasteiger partial charge in [-0.2, -0.15) is 0 Å². The first kappa shape index (κ1) is 21.8. The minimum Gasteiger partial charge on any atom is -0.343 e. The van der Waals surface area contributed by atoms with Crippen LogP contribution in [0.15, 0.2) is 24.3 Å². The summed E-state index contributed by atoms with van der Waals surface area (Å²) < 4.78 is 1.28. The maximum absolute atomic E-state index is 12.8. The van der Waals surface area contributed by atoms with Gasteiger partial charge in [-0.05, 0) is 56.6 Å². The molecule has 1 aromatic carbocycles. The highest BCUT2D eigenvalue weighted by molar-refractivity contribution is 7.18. The second-order valence-electron chi connectivity index (χ2n) is 8.35. The van der Waals surface area contributed by atoms with Gasteiger partial charge in [0, 0.05) is 37.5 Å². The summed E-state index contributed by atoms with van der Waals surface area (Å²) in [6.07, 6.45) is 7.90. The molecular weight excluding hydrogens is 413 g/mol. The van der Waals surface area contributed by atoms with E-state index in [0.29, 0.717) is 29.8 Å². The molecule has 2 bridgehead atoms. The zero-order valence-corrected chi connectivity index (χ0v) is 18.5. The molecule has 0 aliphatic carbocycles. The van der Waals surface area contributed by atoms with E-state index in [0.717, 1.165) is 37.9 Å². The topological polar surface area (TPSA) is 45.2 Å². The van der Waals surface area contributed by atoms with Gasteiger partial charge < -0.3 is 10.2 Å². The number of fused-ring (bicyclic) bond motifs is 3. The van der Waals surface area contributed by atoms with Gasteiger partial charge in [0.1, 0.15) is 0 Å². The molecule has 0 saturated carbocycles. The first-order valence-corrected chi connectivity index (χ1v) is 11.0. The van der Waals surface area contributed by atoms with Crippen LogP contribution in [0.3, 0.4) is 0 Å². The van der Waals surface area contributed by atoms with Crippen molar-refractivity contribution >= 4 is 52.3 Å². The lowest BCUT2D eigenvalue weighted by molar-refractivity contribution is -0.133. The average Bonchev–Trinajstić information content (AvgIpc) is 3.24. The molecule has 2 aromatic rings. The summed E-state index contributed by atoms with van der Waals surface area (Å²) in [4.78, 5) is 19.7. The Kier molecular flexibility index (Phi) is 7.24. The smallest absolute Gasteiger partial charge is 0.222 e. The van der Waals surface area contributed by atoms with E-state index in [-0.39, 0.29) is 24.8 Å². The molecule has 1 amide bonds. The molecule has 3 fully saturated rings. The van der Waals surface area contributed by atoms with Crippen molar-refractivity contribution in [3.63, 3.8) is 0 Å². The Morgan fingerprint density at radius 2 is 1.75 bits per heavy atom. The van der Waals surface area contributed by atoms with Crippen LogP contribution in [0.2, 0.25) is 0 Å². The third kappa shape index (κ3) is 4.48. The van der Waals surface area contributed by atoms with Crippen molar-refractivity contribution < 1.29 is 4.79 Å². The number of hydrogen-bond donors (Lipinski definition) is 1. The zero-order chi connectivity index (χ0) is 17.5. The van der Waals surface area contributed by atoms with Crippen LogP contribution in [0.5, 0.6) is 0 Å². The van der Waals surface area contributed by atoms with E-state index in [2.05, 4.69) is 34.5 Å². The molecule has 4 nitrogen and oxygen atoms in total. The number of carbonyl (C=O) groups is 1. The van der Waals surface area contributed by atoms with Crippen LogP contribution < -0.4 is 5.32 Å². The molecule has 3 aliphatic heterocycles. The maximum atomic E-state index is 12.8. The lowest BCUT2D eigenvalue weighted by Gasteiger charge is -2.34. The fourth-order valence-electron chi connectivity index (χ4n) is 5.16. The summed E-state index contributed by atoms with van der Waals surface area (Å²) in [6.45, 7) is 1.80. The highest BCUT2D eigenvalue weighted by Gasteiger charge is 2.35. The van der Waals surface area contributed by atoms with E-state index >= 15 is 0 Å². The van der Waals surface area contributed by atoms with Crippen LogP contribution in [0.25, 0.3) is 10.2 Å². The van der Waals surface area contributed by atoms with Crippen LogP contribution in [-0.4, -0.2) is 41.0 Å². The van der Waals surface area contributed by atoms with Crippen molar-refractivity contribution in [2.75, 3.05) is 13.1 Å². The summed E-state index contributed by atoms with van der Waals surface area (Å²) in [5.41, 5.74) is 1.12. The Balaban J connectivity index is 0.00000112. The highest BCUT2D eigenvalue weighted by Crippen LogP contribution is 2.36. The Bertz CT molecular complexity index is 761. The molecule has 3 saturated heterocycles. The number of nitrogens with zero attached hydrogens (tertiary/aromatic N) is 2. The molecule has 1 N–H and O–H groups in total. The van der Waals surface area contributed by atoms with Gasteiger partial charge in [0.25, 0.3) is 0 Å². The summed E-state index contributed by atoms with van der Waals surface area (Å²) in [7, 11) is 0. The van der Waals surface area contributed by atoms with Gasteiger partial charge in [0.05, 0.1) is 15.2 Å². The summed E-state index contributed by atoms with van der Waals surface area (Å²) in [5.74, 6) is 1.51. The number of piperidine rings is 2. The predicted octanol–water partition coefficient (Wildman–Crippen LogP) is 4.77. The number of amides is 1. The number of aromatic nitrogens is 1. The van der Waals surface area contributed by atoms with Crippen molar-refractivity contribution in [1.29, 1.82) is 0 Å². The fraction of sp³-hybridized carbons (Fsp3) is 0.619. The average molecular weight is 442 g/mol. The van der Waals surface area contributed by atoms with Gasteiger partial charge in [0.15, 0.2) is 0 Å². The first-order valence-electron chi connectivity index (χ1n) is 10.1. The third-order valence-electron chi connectivity index (χ3n) is 6.54. The lowest BCUT2D eigenvalue weighted by atomic mass is 9.88. The third-order valence-corrected chi connectivity index (χ3v) is 7.74. The molecule has 1 aromatic heterocycles. The summed E-state index contributed by atoms with van der Waals surface area (Å²) in [6, 6.07) is 9.74. The monoisotopic (exact) mass is 441 g/mol. The second-order valence-corrected chi connectivity index (χ2v) is 9.42. The molecule has 2 unspecified atom stereocenters. The van der Waals surface area contributed by atoms with Gasteiger partial charge in [-0.15, -0.1) is 36.2 Å². The summed E-state index contributed by atoms with van der Waals surface area (Å²) in [5, 5.41) is 4.93. The van der Waals surface area contributed by atoms with Crippen LogP contribution in [0.1, 0.15) is 55.9 Å². The number of carbonyl (C=O) groups excluding carboxylic acids is 1. The van der Waals surface area contributed by atoms with Gasteiger partial charge >= 0.3 is 0 Å². The molecule has 7 heteroatoms. The van der Waals surface area contributed by atoms with Crippen LogP contribution in [-0.2, 0) is 4.79 Å². The molecule has 28 heavy (non-hydrogen) atoms. The number of thiazole rings is 1. The van der Waals surface area contributed by atoms with Crippen LogP contribution in [0.4, 0.5) is 0 Å².